The number of piperidine rings is 1. The van der Waals surface area contributed by atoms with Crippen LogP contribution in [0, 0.1) is 5.92 Å². The van der Waals surface area contributed by atoms with E-state index in [0.717, 1.165) is 48.7 Å². The molecule has 2 amide bonds. The lowest BCUT2D eigenvalue weighted by Crippen LogP contribution is -2.48. The third kappa shape index (κ3) is 3.61. The van der Waals surface area contributed by atoms with Crippen molar-refractivity contribution < 1.29 is 9.59 Å². The van der Waals surface area contributed by atoms with E-state index < -0.39 is 0 Å². The van der Waals surface area contributed by atoms with Gasteiger partial charge in [-0.15, -0.1) is 0 Å². The first-order valence-electron chi connectivity index (χ1n) is 8.91. The van der Waals surface area contributed by atoms with Gasteiger partial charge in [0.25, 0.3) is 0 Å². The summed E-state index contributed by atoms with van der Waals surface area (Å²) >= 11 is 0. The van der Waals surface area contributed by atoms with E-state index in [2.05, 4.69) is 30.5 Å². The van der Waals surface area contributed by atoms with Crippen LogP contribution in [0.15, 0.2) is 18.2 Å². The number of fused-ring (bicyclic) bond motifs is 1. The van der Waals surface area contributed by atoms with Gasteiger partial charge in [-0.25, -0.2) is 0 Å². The summed E-state index contributed by atoms with van der Waals surface area (Å²) in [7, 11) is 0. The Morgan fingerprint density at radius 2 is 2.00 bits per heavy atom. The highest BCUT2D eigenvalue weighted by Gasteiger charge is 2.26. The Bertz CT molecular complexity index is 635. The summed E-state index contributed by atoms with van der Waals surface area (Å²) in [5.41, 5.74) is 3.05. The molecule has 2 heterocycles. The van der Waals surface area contributed by atoms with Crippen molar-refractivity contribution in [2.45, 2.75) is 52.1 Å². The number of amides is 2. The third-order valence-corrected chi connectivity index (χ3v) is 5.22. The van der Waals surface area contributed by atoms with Crippen LogP contribution in [-0.2, 0) is 16.0 Å². The molecule has 3 rings (SSSR count). The molecule has 24 heavy (non-hydrogen) atoms. The van der Waals surface area contributed by atoms with Gasteiger partial charge in [0.2, 0.25) is 11.8 Å². The Morgan fingerprint density at radius 1 is 1.29 bits per heavy atom. The Balaban J connectivity index is 1.60. The van der Waals surface area contributed by atoms with Crippen molar-refractivity contribution in [3.63, 3.8) is 0 Å². The molecule has 0 bridgehead atoms. The second kappa shape index (κ2) is 6.93. The Morgan fingerprint density at radius 3 is 2.71 bits per heavy atom. The fourth-order valence-electron chi connectivity index (χ4n) is 3.56. The van der Waals surface area contributed by atoms with E-state index in [4.69, 9.17) is 0 Å². The van der Waals surface area contributed by atoms with E-state index in [9.17, 15) is 9.59 Å². The molecule has 1 fully saturated rings. The Kier molecular flexibility index (Phi) is 4.90. The van der Waals surface area contributed by atoms with Crippen molar-refractivity contribution in [3.8, 4) is 0 Å². The first-order chi connectivity index (χ1) is 11.4. The normalized spacial score (nSPS) is 20.5. The monoisotopic (exact) mass is 329 g/mol. The number of likely N-dealkylation sites (tertiary alicyclic amines) is 1. The molecule has 1 aromatic rings. The number of benzene rings is 1. The van der Waals surface area contributed by atoms with E-state index in [0.29, 0.717) is 6.42 Å². The first-order valence-corrected chi connectivity index (χ1v) is 8.91. The lowest BCUT2D eigenvalue weighted by atomic mass is 9.98. The number of anilines is 1. The summed E-state index contributed by atoms with van der Waals surface area (Å²) in [6.45, 7) is 7.99. The van der Waals surface area contributed by atoms with Crippen LogP contribution in [0.2, 0.25) is 0 Å². The largest absolute Gasteiger partial charge is 0.341 e. The van der Waals surface area contributed by atoms with Gasteiger partial charge < -0.3 is 10.2 Å². The Labute approximate surface area is 143 Å². The minimum atomic E-state index is -0.207. The van der Waals surface area contributed by atoms with Gasteiger partial charge in [0.15, 0.2) is 0 Å². The fourth-order valence-corrected chi connectivity index (χ4v) is 3.56. The second-order valence-corrected chi connectivity index (χ2v) is 7.26. The SMILES string of the molecule is CC1CCN(C(=O)[C@H](C)N[C@@H](C)c2ccc3c(c2)CC(=O)N3)CC1. The van der Waals surface area contributed by atoms with E-state index in [-0.39, 0.29) is 23.9 Å². The molecule has 0 spiro atoms. The van der Waals surface area contributed by atoms with Crippen LogP contribution in [0.25, 0.3) is 0 Å². The summed E-state index contributed by atoms with van der Waals surface area (Å²) in [6.07, 6.45) is 2.63. The fraction of sp³-hybridized carbons (Fsp3) is 0.579. The lowest BCUT2D eigenvalue weighted by molar-refractivity contribution is -0.134. The zero-order valence-corrected chi connectivity index (χ0v) is 14.8. The minimum absolute atomic E-state index is 0.0469. The molecule has 5 nitrogen and oxygen atoms in total. The maximum absolute atomic E-state index is 12.6. The molecule has 0 aromatic heterocycles. The average Bonchev–Trinajstić information content (AvgIpc) is 2.93. The summed E-state index contributed by atoms with van der Waals surface area (Å²) in [6, 6.07) is 5.88. The molecular formula is C19H27N3O2. The summed E-state index contributed by atoms with van der Waals surface area (Å²) < 4.78 is 0. The Hall–Kier alpha value is -1.88. The quantitative estimate of drug-likeness (QED) is 0.892. The van der Waals surface area contributed by atoms with Gasteiger partial charge in [-0.05, 0) is 49.8 Å². The number of rotatable bonds is 4. The zero-order chi connectivity index (χ0) is 17.3. The molecule has 2 aliphatic rings. The number of carbonyl (C=O) groups is 2. The van der Waals surface area contributed by atoms with Crippen molar-refractivity contribution in [1.29, 1.82) is 0 Å². The number of carbonyl (C=O) groups excluding carboxylic acids is 2. The molecule has 0 unspecified atom stereocenters. The summed E-state index contributed by atoms with van der Waals surface area (Å²) in [5.74, 6) is 0.955. The van der Waals surface area contributed by atoms with Gasteiger partial charge in [-0.3, -0.25) is 14.9 Å². The molecule has 2 N–H and O–H groups in total. The van der Waals surface area contributed by atoms with Crippen LogP contribution >= 0.6 is 0 Å². The topological polar surface area (TPSA) is 61.4 Å². The van der Waals surface area contributed by atoms with Crippen molar-refractivity contribution in [2.75, 3.05) is 18.4 Å². The number of nitrogens with one attached hydrogen (secondary N) is 2. The van der Waals surface area contributed by atoms with Crippen LogP contribution < -0.4 is 10.6 Å². The maximum atomic E-state index is 12.6. The molecule has 2 aliphatic heterocycles. The molecule has 1 aromatic carbocycles. The highest BCUT2D eigenvalue weighted by Crippen LogP contribution is 2.26. The molecule has 5 heteroatoms. The van der Waals surface area contributed by atoms with Crippen LogP contribution in [-0.4, -0.2) is 35.8 Å². The summed E-state index contributed by atoms with van der Waals surface area (Å²) in [5, 5.41) is 6.26. The molecule has 0 saturated carbocycles. The first kappa shape index (κ1) is 17.0. The van der Waals surface area contributed by atoms with Gasteiger partial charge in [-0.1, -0.05) is 19.1 Å². The van der Waals surface area contributed by atoms with Crippen molar-refractivity contribution >= 4 is 17.5 Å². The van der Waals surface area contributed by atoms with E-state index in [1.807, 2.05) is 24.0 Å². The van der Waals surface area contributed by atoms with E-state index >= 15 is 0 Å². The predicted octanol–water partition coefficient (Wildman–Crippen LogP) is 2.48. The van der Waals surface area contributed by atoms with Gasteiger partial charge in [0.05, 0.1) is 12.5 Å². The predicted molar refractivity (Wildman–Crippen MR) is 94.8 cm³/mol. The smallest absolute Gasteiger partial charge is 0.239 e. The molecule has 2 atom stereocenters. The van der Waals surface area contributed by atoms with Crippen LogP contribution in [0.5, 0.6) is 0 Å². The van der Waals surface area contributed by atoms with Gasteiger partial charge in [-0.2, -0.15) is 0 Å². The van der Waals surface area contributed by atoms with Crippen molar-refractivity contribution in [2.24, 2.45) is 5.92 Å². The minimum Gasteiger partial charge on any atom is -0.341 e. The van der Waals surface area contributed by atoms with Gasteiger partial charge in [0, 0.05) is 24.8 Å². The van der Waals surface area contributed by atoms with E-state index in [1.54, 1.807) is 0 Å². The summed E-state index contributed by atoms with van der Waals surface area (Å²) in [4.78, 5) is 26.1. The molecule has 0 aliphatic carbocycles. The van der Waals surface area contributed by atoms with Crippen LogP contribution in [0.3, 0.4) is 0 Å². The number of hydrogen-bond acceptors (Lipinski definition) is 3. The number of nitrogens with zero attached hydrogens (tertiary/aromatic N) is 1. The number of hydrogen-bond donors (Lipinski definition) is 2. The van der Waals surface area contributed by atoms with Gasteiger partial charge >= 0.3 is 0 Å². The lowest BCUT2D eigenvalue weighted by Gasteiger charge is -2.33. The zero-order valence-electron chi connectivity index (χ0n) is 14.8. The molecule has 1 saturated heterocycles. The van der Waals surface area contributed by atoms with Crippen molar-refractivity contribution in [1.82, 2.24) is 10.2 Å². The van der Waals surface area contributed by atoms with Crippen molar-refractivity contribution in [3.05, 3.63) is 29.3 Å². The molecule has 130 valence electrons. The maximum Gasteiger partial charge on any atom is 0.239 e. The van der Waals surface area contributed by atoms with Crippen LogP contribution in [0.1, 0.15) is 50.8 Å². The highest BCUT2D eigenvalue weighted by molar-refractivity contribution is 5.99. The average molecular weight is 329 g/mol. The second-order valence-electron chi connectivity index (χ2n) is 7.26. The highest BCUT2D eigenvalue weighted by atomic mass is 16.2. The molecule has 0 radical (unpaired) electrons. The van der Waals surface area contributed by atoms with Gasteiger partial charge in [0.1, 0.15) is 0 Å². The standard InChI is InChI=1S/C19H27N3O2/c1-12-6-8-22(9-7-12)19(24)14(3)20-13(2)15-4-5-17-16(10-15)11-18(23)21-17/h4-5,10,12-14,20H,6-9,11H2,1-3H3,(H,21,23)/t13-,14-/m0/s1. The van der Waals surface area contributed by atoms with E-state index in [1.165, 1.54) is 0 Å². The third-order valence-electron chi connectivity index (χ3n) is 5.22. The van der Waals surface area contributed by atoms with Crippen LogP contribution in [0.4, 0.5) is 5.69 Å². The molecular weight excluding hydrogens is 302 g/mol.